The van der Waals surface area contributed by atoms with Gasteiger partial charge in [0.2, 0.25) is 0 Å². The van der Waals surface area contributed by atoms with Crippen molar-refractivity contribution in [3.05, 3.63) is 23.8 Å². The van der Waals surface area contributed by atoms with Crippen LogP contribution < -0.4 is 20.1 Å². The van der Waals surface area contributed by atoms with Crippen LogP contribution >= 0.6 is 0 Å². The maximum absolute atomic E-state index is 5.33. The molecule has 0 unspecified atom stereocenters. The van der Waals surface area contributed by atoms with Crippen LogP contribution in [-0.4, -0.2) is 54.0 Å². The molecule has 0 heterocycles. The van der Waals surface area contributed by atoms with Crippen molar-refractivity contribution in [1.29, 1.82) is 0 Å². The number of methoxy groups -OCH3 is 3. The van der Waals surface area contributed by atoms with Crippen LogP contribution in [0.15, 0.2) is 23.2 Å². The lowest BCUT2D eigenvalue weighted by atomic mass is 10.1. The fourth-order valence-electron chi connectivity index (χ4n) is 2.34. The van der Waals surface area contributed by atoms with Gasteiger partial charge in [-0.3, -0.25) is 4.99 Å². The van der Waals surface area contributed by atoms with E-state index in [4.69, 9.17) is 14.2 Å². The van der Waals surface area contributed by atoms with Gasteiger partial charge >= 0.3 is 0 Å². The Balaban J connectivity index is 2.29. The van der Waals surface area contributed by atoms with E-state index in [0.717, 1.165) is 62.8 Å². The molecule has 136 valence electrons. The second-order valence-corrected chi connectivity index (χ2v) is 5.42. The van der Waals surface area contributed by atoms with E-state index in [1.54, 1.807) is 28.4 Å². The molecule has 1 aromatic rings. The first-order valence-electron chi connectivity index (χ1n) is 8.39. The Morgan fingerprint density at radius 2 is 1.71 bits per heavy atom. The van der Waals surface area contributed by atoms with Gasteiger partial charge in [0.05, 0.1) is 14.2 Å². The lowest BCUT2D eigenvalue weighted by Gasteiger charge is -2.13. The minimum absolute atomic E-state index is 0.750. The summed E-state index contributed by atoms with van der Waals surface area (Å²) in [7, 11) is 6.82. The standard InChI is InChI=1S/C18H31N3O3/c1-19-18(20-11-6-5-7-13-22-2)21-12-10-15-8-9-16(23-3)17(14-15)24-4/h8-9,14H,5-7,10-13H2,1-4H3,(H2,19,20,21). The van der Waals surface area contributed by atoms with E-state index in [1.165, 1.54) is 5.56 Å². The fraction of sp³-hybridized carbons (Fsp3) is 0.611. The van der Waals surface area contributed by atoms with Crippen LogP contribution in [-0.2, 0) is 11.2 Å². The van der Waals surface area contributed by atoms with Crippen LogP contribution in [0.2, 0.25) is 0 Å². The van der Waals surface area contributed by atoms with Crippen LogP contribution in [0.25, 0.3) is 0 Å². The summed E-state index contributed by atoms with van der Waals surface area (Å²) in [6.45, 7) is 2.55. The third-order valence-corrected chi connectivity index (χ3v) is 3.70. The Bertz CT molecular complexity index is 492. The molecule has 1 rings (SSSR count). The van der Waals surface area contributed by atoms with Gasteiger partial charge in [0, 0.05) is 33.9 Å². The molecule has 6 heteroatoms. The zero-order valence-electron chi connectivity index (χ0n) is 15.4. The summed E-state index contributed by atoms with van der Waals surface area (Å²) >= 11 is 0. The summed E-state index contributed by atoms with van der Waals surface area (Å²) in [4.78, 5) is 4.24. The second-order valence-electron chi connectivity index (χ2n) is 5.42. The predicted molar refractivity (Wildman–Crippen MR) is 98.3 cm³/mol. The number of ether oxygens (including phenoxy) is 3. The second kappa shape index (κ2) is 12.5. The average Bonchev–Trinajstić information content (AvgIpc) is 2.62. The Labute approximate surface area is 145 Å². The molecule has 24 heavy (non-hydrogen) atoms. The quantitative estimate of drug-likeness (QED) is 0.368. The Hall–Kier alpha value is -1.95. The van der Waals surface area contributed by atoms with Crippen molar-refractivity contribution in [2.75, 3.05) is 48.1 Å². The minimum atomic E-state index is 0.750. The monoisotopic (exact) mass is 337 g/mol. The molecule has 1 aromatic carbocycles. The van der Waals surface area contributed by atoms with Gasteiger partial charge in [-0.05, 0) is 43.4 Å². The molecule has 0 aromatic heterocycles. The Morgan fingerprint density at radius 3 is 2.38 bits per heavy atom. The van der Waals surface area contributed by atoms with E-state index < -0.39 is 0 Å². The number of guanidine groups is 1. The van der Waals surface area contributed by atoms with Crippen molar-refractivity contribution >= 4 is 5.96 Å². The number of hydrogen-bond donors (Lipinski definition) is 2. The van der Waals surface area contributed by atoms with E-state index in [1.807, 2.05) is 12.1 Å². The normalized spacial score (nSPS) is 11.2. The number of hydrogen-bond acceptors (Lipinski definition) is 4. The zero-order chi connectivity index (χ0) is 17.6. The summed E-state index contributed by atoms with van der Waals surface area (Å²) in [5, 5.41) is 6.65. The summed E-state index contributed by atoms with van der Waals surface area (Å²) < 4.78 is 15.6. The third kappa shape index (κ3) is 7.55. The van der Waals surface area contributed by atoms with Gasteiger partial charge in [-0.25, -0.2) is 0 Å². The van der Waals surface area contributed by atoms with E-state index in [2.05, 4.69) is 21.7 Å². The SMILES string of the molecule is CN=C(NCCCCCOC)NCCc1ccc(OC)c(OC)c1. The van der Waals surface area contributed by atoms with E-state index >= 15 is 0 Å². The maximum Gasteiger partial charge on any atom is 0.190 e. The number of aliphatic imine (C=N–C) groups is 1. The fourth-order valence-corrected chi connectivity index (χ4v) is 2.34. The van der Waals surface area contributed by atoms with Crippen molar-refractivity contribution in [3.8, 4) is 11.5 Å². The van der Waals surface area contributed by atoms with Gasteiger partial charge in [-0.1, -0.05) is 6.07 Å². The summed E-state index contributed by atoms with van der Waals surface area (Å²) in [6.07, 6.45) is 4.25. The highest BCUT2D eigenvalue weighted by atomic mass is 16.5. The van der Waals surface area contributed by atoms with Crippen molar-refractivity contribution < 1.29 is 14.2 Å². The molecular formula is C18H31N3O3. The predicted octanol–water partition coefficient (Wildman–Crippen LogP) is 2.23. The highest BCUT2D eigenvalue weighted by molar-refractivity contribution is 5.79. The zero-order valence-corrected chi connectivity index (χ0v) is 15.4. The third-order valence-electron chi connectivity index (χ3n) is 3.70. The summed E-state index contributed by atoms with van der Waals surface area (Å²) in [5.74, 6) is 2.34. The molecule has 0 fully saturated rings. The molecule has 0 aliphatic heterocycles. The largest absolute Gasteiger partial charge is 0.493 e. The maximum atomic E-state index is 5.33. The highest BCUT2D eigenvalue weighted by Crippen LogP contribution is 2.27. The lowest BCUT2D eigenvalue weighted by molar-refractivity contribution is 0.192. The Kier molecular flexibility index (Phi) is 10.4. The van der Waals surface area contributed by atoms with Gasteiger partial charge < -0.3 is 24.8 Å². The molecule has 0 bridgehead atoms. The molecule has 2 N–H and O–H groups in total. The first-order chi connectivity index (χ1) is 11.7. The molecule has 0 radical (unpaired) electrons. The summed E-state index contributed by atoms with van der Waals surface area (Å²) in [5.41, 5.74) is 1.19. The number of benzene rings is 1. The van der Waals surface area contributed by atoms with E-state index in [-0.39, 0.29) is 0 Å². The molecule has 0 aliphatic carbocycles. The van der Waals surface area contributed by atoms with Crippen LogP contribution in [0.1, 0.15) is 24.8 Å². The van der Waals surface area contributed by atoms with Crippen molar-refractivity contribution in [2.24, 2.45) is 4.99 Å². The molecule has 0 aliphatic rings. The first-order valence-corrected chi connectivity index (χ1v) is 8.39. The van der Waals surface area contributed by atoms with Crippen molar-refractivity contribution in [3.63, 3.8) is 0 Å². The molecular weight excluding hydrogens is 306 g/mol. The van der Waals surface area contributed by atoms with Gasteiger partial charge in [-0.2, -0.15) is 0 Å². The topological polar surface area (TPSA) is 64.1 Å². The van der Waals surface area contributed by atoms with E-state index in [9.17, 15) is 0 Å². The van der Waals surface area contributed by atoms with Crippen LogP contribution in [0.4, 0.5) is 0 Å². The van der Waals surface area contributed by atoms with Crippen LogP contribution in [0, 0.1) is 0 Å². The van der Waals surface area contributed by atoms with Gasteiger partial charge in [0.25, 0.3) is 0 Å². The van der Waals surface area contributed by atoms with Gasteiger partial charge in [0.15, 0.2) is 17.5 Å². The average molecular weight is 337 g/mol. The molecule has 0 saturated heterocycles. The van der Waals surface area contributed by atoms with Gasteiger partial charge in [0.1, 0.15) is 0 Å². The molecule has 6 nitrogen and oxygen atoms in total. The molecule has 0 saturated carbocycles. The highest BCUT2D eigenvalue weighted by Gasteiger charge is 2.04. The smallest absolute Gasteiger partial charge is 0.190 e. The van der Waals surface area contributed by atoms with Crippen LogP contribution in [0.3, 0.4) is 0 Å². The number of nitrogens with one attached hydrogen (secondary N) is 2. The Morgan fingerprint density at radius 1 is 0.958 bits per heavy atom. The van der Waals surface area contributed by atoms with Crippen LogP contribution in [0.5, 0.6) is 11.5 Å². The minimum Gasteiger partial charge on any atom is -0.493 e. The molecule has 0 amide bonds. The van der Waals surface area contributed by atoms with Crippen molar-refractivity contribution in [2.45, 2.75) is 25.7 Å². The van der Waals surface area contributed by atoms with E-state index in [0.29, 0.717) is 0 Å². The summed E-state index contributed by atoms with van der Waals surface area (Å²) in [6, 6.07) is 5.99. The van der Waals surface area contributed by atoms with Crippen molar-refractivity contribution in [1.82, 2.24) is 10.6 Å². The number of nitrogens with zero attached hydrogens (tertiary/aromatic N) is 1. The number of rotatable bonds is 11. The van der Waals surface area contributed by atoms with Gasteiger partial charge in [-0.15, -0.1) is 0 Å². The number of unbranched alkanes of at least 4 members (excludes halogenated alkanes) is 2. The first kappa shape index (κ1) is 20.1. The lowest BCUT2D eigenvalue weighted by Crippen LogP contribution is -2.38. The molecule has 0 atom stereocenters. The molecule has 0 spiro atoms.